The van der Waals surface area contributed by atoms with Crippen molar-refractivity contribution < 1.29 is 9.90 Å². The predicted octanol–water partition coefficient (Wildman–Crippen LogP) is 0.749. The van der Waals surface area contributed by atoms with Crippen LogP contribution >= 0.6 is 0 Å². The van der Waals surface area contributed by atoms with Crippen molar-refractivity contribution in [1.29, 1.82) is 0 Å². The van der Waals surface area contributed by atoms with Gasteiger partial charge in [0.2, 0.25) is 5.91 Å². The van der Waals surface area contributed by atoms with Crippen molar-refractivity contribution in [1.82, 2.24) is 10.2 Å². The van der Waals surface area contributed by atoms with Crippen LogP contribution in [0.4, 0.5) is 0 Å². The first kappa shape index (κ1) is 13.5. The molecule has 1 amide bonds. The second-order valence-corrected chi connectivity index (χ2v) is 4.48. The zero-order chi connectivity index (χ0) is 11.8. The number of nitrogens with zero attached hydrogens (tertiary/aromatic N) is 1. The number of rotatable bonds is 8. The minimum absolute atomic E-state index is 0.117. The number of carbonyl (C=O) groups is 1. The number of nitrogens with one attached hydrogen (secondary N) is 1. The Bertz CT molecular complexity index is 205. The van der Waals surface area contributed by atoms with Gasteiger partial charge in [0, 0.05) is 25.7 Å². The standard InChI is InChI=1S/C12H24N2O2/c1-2-7-13-12(16)10-14(8-4-9-15)11-5-3-6-11/h11,15H,2-10H2,1H3,(H,13,16). The zero-order valence-electron chi connectivity index (χ0n) is 10.2. The fourth-order valence-corrected chi connectivity index (χ4v) is 1.92. The predicted molar refractivity (Wildman–Crippen MR) is 64.2 cm³/mol. The van der Waals surface area contributed by atoms with Gasteiger partial charge in [-0.15, -0.1) is 0 Å². The van der Waals surface area contributed by atoms with Crippen LogP contribution in [0, 0.1) is 0 Å². The van der Waals surface area contributed by atoms with Gasteiger partial charge in [-0.1, -0.05) is 13.3 Å². The second-order valence-electron chi connectivity index (χ2n) is 4.48. The van der Waals surface area contributed by atoms with Crippen LogP contribution in [0.25, 0.3) is 0 Å². The summed E-state index contributed by atoms with van der Waals surface area (Å²) in [6.07, 6.45) is 5.42. The van der Waals surface area contributed by atoms with Crippen molar-refractivity contribution in [3.05, 3.63) is 0 Å². The third kappa shape index (κ3) is 4.49. The number of carbonyl (C=O) groups excluding carboxylic acids is 1. The van der Waals surface area contributed by atoms with Crippen LogP contribution in [0.1, 0.15) is 39.0 Å². The normalized spacial score (nSPS) is 16.2. The van der Waals surface area contributed by atoms with Crippen molar-refractivity contribution in [3.63, 3.8) is 0 Å². The molecule has 0 aliphatic heterocycles. The first-order valence-corrected chi connectivity index (χ1v) is 6.39. The molecule has 0 aromatic carbocycles. The van der Waals surface area contributed by atoms with Crippen molar-refractivity contribution in [2.45, 2.75) is 45.1 Å². The van der Waals surface area contributed by atoms with Gasteiger partial charge in [0.05, 0.1) is 6.54 Å². The molecule has 4 nitrogen and oxygen atoms in total. The fraction of sp³-hybridized carbons (Fsp3) is 0.917. The highest BCUT2D eigenvalue weighted by Crippen LogP contribution is 2.24. The quantitative estimate of drug-likeness (QED) is 0.644. The van der Waals surface area contributed by atoms with E-state index in [0.717, 1.165) is 25.9 Å². The van der Waals surface area contributed by atoms with Crippen LogP contribution in [-0.2, 0) is 4.79 Å². The Morgan fingerprint density at radius 1 is 1.50 bits per heavy atom. The molecule has 0 saturated heterocycles. The number of amides is 1. The molecule has 1 saturated carbocycles. The molecule has 0 aromatic rings. The van der Waals surface area contributed by atoms with Crippen molar-refractivity contribution in [2.75, 3.05) is 26.2 Å². The van der Waals surface area contributed by atoms with E-state index in [4.69, 9.17) is 5.11 Å². The Kier molecular flexibility index (Phi) is 6.42. The van der Waals surface area contributed by atoms with Gasteiger partial charge in [0.25, 0.3) is 0 Å². The first-order chi connectivity index (χ1) is 7.77. The third-order valence-electron chi connectivity index (χ3n) is 3.11. The lowest BCUT2D eigenvalue weighted by molar-refractivity contribution is -0.123. The molecule has 0 heterocycles. The molecule has 2 N–H and O–H groups in total. The highest BCUT2D eigenvalue weighted by molar-refractivity contribution is 5.78. The van der Waals surface area contributed by atoms with Gasteiger partial charge in [-0.2, -0.15) is 0 Å². The van der Waals surface area contributed by atoms with E-state index in [1.165, 1.54) is 19.3 Å². The van der Waals surface area contributed by atoms with Gasteiger partial charge in [0.1, 0.15) is 0 Å². The Labute approximate surface area is 98.0 Å². The molecule has 0 radical (unpaired) electrons. The van der Waals surface area contributed by atoms with Crippen molar-refractivity contribution in [2.24, 2.45) is 0 Å². The minimum atomic E-state index is 0.117. The number of hydrogen-bond acceptors (Lipinski definition) is 3. The average molecular weight is 228 g/mol. The van der Waals surface area contributed by atoms with E-state index in [1.54, 1.807) is 0 Å². The molecular weight excluding hydrogens is 204 g/mol. The molecule has 4 heteroatoms. The Morgan fingerprint density at radius 2 is 2.25 bits per heavy atom. The van der Waals surface area contributed by atoms with E-state index in [1.807, 2.05) is 0 Å². The molecule has 1 fully saturated rings. The summed E-state index contributed by atoms with van der Waals surface area (Å²) in [5.74, 6) is 0.117. The van der Waals surface area contributed by atoms with E-state index >= 15 is 0 Å². The van der Waals surface area contributed by atoms with Gasteiger partial charge < -0.3 is 10.4 Å². The molecule has 94 valence electrons. The smallest absolute Gasteiger partial charge is 0.234 e. The summed E-state index contributed by atoms with van der Waals surface area (Å²) in [4.78, 5) is 13.8. The molecule has 16 heavy (non-hydrogen) atoms. The molecule has 1 rings (SSSR count). The summed E-state index contributed by atoms with van der Waals surface area (Å²) >= 11 is 0. The van der Waals surface area contributed by atoms with Gasteiger partial charge >= 0.3 is 0 Å². The molecule has 1 aliphatic rings. The summed E-state index contributed by atoms with van der Waals surface area (Å²) in [6.45, 7) is 4.35. The number of aliphatic hydroxyl groups is 1. The van der Waals surface area contributed by atoms with Gasteiger partial charge in [-0.3, -0.25) is 9.69 Å². The Hall–Kier alpha value is -0.610. The maximum atomic E-state index is 11.6. The van der Waals surface area contributed by atoms with E-state index in [-0.39, 0.29) is 12.5 Å². The van der Waals surface area contributed by atoms with Crippen LogP contribution in [0.15, 0.2) is 0 Å². The Balaban J connectivity index is 2.27. The van der Waals surface area contributed by atoms with Gasteiger partial charge in [-0.05, 0) is 25.7 Å². The van der Waals surface area contributed by atoms with E-state index in [2.05, 4.69) is 17.1 Å². The summed E-state index contributed by atoms with van der Waals surface area (Å²) < 4.78 is 0. The van der Waals surface area contributed by atoms with Crippen LogP contribution in [-0.4, -0.2) is 48.2 Å². The molecule has 0 spiro atoms. The average Bonchev–Trinajstić information content (AvgIpc) is 2.20. The maximum Gasteiger partial charge on any atom is 0.234 e. The molecule has 1 aliphatic carbocycles. The van der Waals surface area contributed by atoms with Crippen molar-refractivity contribution in [3.8, 4) is 0 Å². The van der Waals surface area contributed by atoms with Gasteiger partial charge in [-0.25, -0.2) is 0 Å². The lowest BCUT2D eigenvalue weighted by Gasteiger charge is -2.37. The highest BCUT2D eigenvalue weighted by atomic mass is 16.3. The lowest BCUT2D eigenvalue weighted by Crippen LogP contribution is -2.46. The number of aliphatic hydroxyl groups excluding tert-OH is 1. The summed E-state index contributed by atoms with van der Waals surface area (Å²) in [6, 6.07) is 0.568. The van der Waals surface area contributed by atoms with Crippen molar-refractivity contribution >= 4 is 5.91 Å². The monoisotopic (exact) mass is 228 g/mol. The van der Waals surface area contributed by atoms with Gasteiger partial charge in [0.15, 0.2) is 0 Å². The van der Waals surface area contributed by atoms with E-state index in [9.17, 15) is 4.79 Å². The first-order valence-electron chi connectivity index (χ1n) is 6.39. The van der Waals surface area contributed by atoms with Crippen LogP contribution in [0.2, 0.25) is 0 Å². The Morgan fingerprint density at radius 3 is 2.75 bits per heavy atom. The molecular formula is C12H24N2O2. The third-order valence-corrected chi connectivity index (χ3v) is 3.11. The van der Waals surface area contributed by atoms with Crippen LogP contribution in [0.5, 0.6) is 0 Å². The number of hydrogen-bond donors (Lipinski definition) is 2. The summed E-state index contributed by atoms with van der Waals surface area (Å²) in [5, 5.41) is 11.7. The maximum absolute atomic E-state index is 11.6. The molecule has 0 atom stereocenters. The molecule has 0 unspecified atom stereocenters. The summed E-state index contributed by atoms with van der Waals surface area (Å²) in [5.41, 5.74) is 0. The molecule has 0 bridgehead atoms. The summed E-state index contributed by atoms with van der Waals surface area (Å²) in [7, 11) is 0. The lowest BCUT2D eigenvalue weighted by atomic mass is 9.91. The SMILES string of the molecule is CCCNC(=O)CN(CCCO)C1CCC1. The van der Waals surface area contributed by atoms with Crippen LogP contribution < -0.4 is 5.32 Å². The van der Waals surface area contributed by atoms with E-state index < -0.39 is 0 Å². The largest absolute Gasteiger partial charge is 0.396 e. The fourth-order valence-electron chi connectivity index (χ4n) is 1.92. The highest BCUT2D eigenvalue weighted by Gasteiger charge is 2.25. The second kappa shape index (κ2) is 7.63. The zero-order valence-corrected chi connectivity index (χ0v) is 10.2. The minimum Gasteiger partial charge on any atom is -0.396 e. The molecule has 0 aromatic heterocycles. The van der Waals surface area contributed by atoms with E-state index in [0.29, 0.717) is 12.6 Å². The topological polar surface area (TPSA) is 52.6 Å². The van der Waals surface area contributed by atoms with Crippen LogP contribution in [0.3, 0.4) is 0 Å².